The predicted molar refractivity (Wildman–Crippen MR) is 74.3 cm³/mol. The van der Waals surface area contributed by atoms with Crippen LogP contribution in [0.4, 0.5) is 0 Å². The number of ether oxygens (including phenoxy) is 2. The van der Waals surface area contributed by atoms with E-state index in [1.54, 1.807) is 17.1 Å². The summed E-state index contributed by atoms with van der Waals surface area (Å²) in [6.45, 7) is 4.73. The van der Waals surface area contributed by atoms with Crippen molar-refractivity contribution in [2.24, 2.45) is 0 Å². The molecule has 118 valence electrons. The Balaban J connectivity index is 1.54. The van der Waals surface area contributed by atoms with Gasteiger partial charge >= 0.3 is 0 Å². The zero-order valence-electron chi connectivity index (χ0n) is 12.5. The quantitative estimate of drug-likeness (QED) is 0.570. The molecule has 2 saturated heterocycles. The van der Waals surface area contributed by atoms with Crippen molar-refractivity contribution in [3.05, 3.63) is 12.2 Å². The highest BCUT2D eigenvalue weighted by molar-refractivity contribution is 5.87. The summed E-state index contributed by atoms with van der Waals surface area (Å²) in [5, 5.41) is 0. The fourth-order valence-corrected chi connectivity index (χ4v) is 2.85. The Bertz CT molecular complexity index is 400. The van der Waals surface area contributed by atoms with E-state index in [4.69, 9.17) is 19.2 Å². The molecule has 1 unspecified atom stereocenters. The van der Waals surface area contributed by atoms with E-state index in [9.17, 15) is 4.79 Å². The molecule has 0 N–H and O–H groups in total. The van der Waals surface area contributed by atoms with Gasteiger partial charge in [-0.3, -0.25) is 4.79 Å². The van der Waals surface area contributed by atoms with Crippen LogP contribution in [-0.2, 0) is 24.0 Å². The van der Waals surface area contributed by atoms with Gasteiger partial charge in [-0.2, -0.15) is 0 Å². The van der Waals surface area contributed by atoms with Gasteiger partial charge in [0.2, 0.25) is 11.7 Å². The Morgan fingerprint density at radius 2 is 1.86 bits per heavy atom. The average molecular weight is 297 g/mol. The fraction of sp³-hybridized carbons (Fsp3) is 0.800. The molecule has 1 spiro atoms. The van der Waals surface area contributed by atoms with Crippen LogP contribution in [0.3, 0.4) is 0 Å². The molecule has 0 radical (unpaired) electrons. The Hall–Kier alpha value is -0.950. The first-order valence-electron chi connectivity index (χ1n) is 7.68. The lowest BCUT2D eigenvalue weighted by Gasteiger charge is -2.40. The van der Waals surface area contributed by atoms with Crippen molar-refractivity contribution in [2.75, 3.05) is 32.9 Å². The zero-order chi connectivity index (χ0) is 14.8. The van der Waals surface area contributed by atoms with Crippen LogP contribution in [-0.4, -0.2) is 55.1 Å². The third kappa shape index (κ3) is 3.45. The van der Waals surface area contributed by atoms with Gasteiger partial charge in [0.1, 0.15) is 5.60 Å². The number of carbonyl (C=O) groups excluding carboxylic acids is 1. The highest BCUT2D eigenvalue weighted by Gasteiger charge is 2.45. The van der Waals surface area contributed by atoms with Gasteiger partial charge in [-0.05, 0) is 25.8 Å². The number of nitrogens with zero attached hydrogens (tertiary/aromatic N) is 1. The molecule has 0 aromatic carbocycles. The maximum atomic E-state index is 12.1. The molecule has 1 atom stereocenters. The second kappa shape index (κ2) is 6.04. The molecule has 3 aliphatic rings. The summed E-state index contributed by atoms with van der Waals surface area (Å²) >= 11 is 0. The molecule has 0 bridgehead atoms. The highest BCUT2D eigenvalue weighted by atomic mass is 17.2. The minimum absolute atomic E-state index is 0.0238. The second-order valence-corrected chi connectivity index (χ2v) is 6.16. The molecule has 6 heteroatoms. The van der Waals surface area contributed by atoms with E-state index in [1.807, 2.05) is 6.92 Å². The SMILES string of the molecule is CC1(/C=C/C(=O)N2CCOCC2)COC2(CCCC2)OO1. The number of amides is 1. The van der Waals surface area contributed by atoms with Gasteiger partial charge in [-0.25, -0.2) is 9.78 Å². The Kier molecular flexibility index (Phi) is 4.31. The third-order valence-electron chi connectivity index (χ3n) is 4.27. The van der Waals surface area contributed by atoms with Crippen molar-refractivity contribution in [2.45, 2.75) is 44.0 Å². The molecular weight excluding hydrogens is 274 g/mol. The van der Waals surface area contributed by atoms with Gasteiger partial charge < -0.3 is 14.4 Å². The molecule has 3 fully saturated rings. The van der Waals surface area contributed by atoms with E-state index in [0.717, 1.165) is 25.7 Å². The molecular formula is C15H23NO5. The summed E-state index contributed by atoms with van der Waals surface area (Å²) in [6, 6.07) is 0. The molecule has 21 heavy (non-hydrogen) atoms. The van der Waals surface area contributed by atoms with Gasteiger partial charge in [0.15, 0.2) is 0 Å². The summed E-state index contributed by atoms with van der Waals surface area (Å²) in [5.74, 6) is -0.578. The van der Waals surface area contributed by atoms with E-state index < -0.39 is 11.4 Å². The monoisotopic (exact) mass is 297 g/mol. The van der Waals surface area contributed by atoms with E-state index in [0.29, 0.717) is 32.9 Å². The van der Waals surface area contributed by atoms with Crippen LogP contribution in [0.15, 0.2) is 12.2 Å². The van der Waals surface area contributed by atoms with Gasteiger partial charge in [-0.1, -0.05) is 0 Å². The standard InChI is InChI=1S/C15H23NO5/c1-14(7-4-13(17)16-8-10-18-11-9-16)12-19-15(21-20-14)5-2-3-6-15/h4,7H,2-3,5-6,8-12H2,1H3/b7-4+. The molecule has 3 rings (SSSR count). The normalized spacial score (nSPS) is 32.9. The van der Waals surface area contributed by atoms with E-state index in [1.165, 1.54) is 0 Å². The van der Waals surface area contributed by atoms with E-state index in [-0.39, 0.29) is 5.91 Å². The summed E-state index contributed by atoms with van der Waals surface area (Å²) in [7, 11) is 0. The van der Waals surface area contributed by atoms with Crippen molar-refractivity contribution >= 4 is 5.91 Å². The van der Waals surface area contributed by atoms with E-state index in [2.05, 4.69) is 0 Å². The minimum Gasteiger partial charge on any atom is -0.378 e. The fourth-order valence-electron chi connectivity index (χ4n) is 2.85. The topological polar surface area (TPSA) is 57.2 Å². The second-order valence-electron chi connectivity index (χ2n) is 6.16. The molecule has 2 aliphatic heterocycles. The van der Waals surface area contributed by atoms with E-state index >= 15 is 0 Å². The van der Waals surface area contributed by atoms with Gasteiger partial charge in [-0.15, -0.1) is 0 Å². The maximum Gasteiger partial charge on any atom is 0.246 e. The minimum atomic E-state index is -0.713. The molecule has 1 aliphatic carbocycles. The average Bonchev–Trinajstić information content (AvgIpc) is 2.98. The Morgan fingerprint density at radius 1 is 1.14 bits per heavy atom. The lowest BCUT2D eigenvalue weighted by molar-refractivity contribution is -0.499. The summed E-state index contributed by atoms with van der Waals surface area (Å²) < 4.78 is 11.1. The molecule has 1 saturated carbocycles. The molecule has 0 aromatic heterocycles. The van der Waals surface area contributed by atoms with Crippen LogP contribution in [0.5, 0.6) is 0 Å². The Labute approximate surface area is 124 Å². The highest BCUT2D eigenvalue weighted by Crippen LogP contribution is 2.39. The number of carbonyl (C=O) groups is 1. The van der Waals surface area contributed by atoms with Crippen LogP contribution in [0.2, 0.25) is 0 Å². The predicted octanol–water partition coefficient (Wildman–Crippen LogP) is 1.41. The maximum absolute atomic E-state index is 12.1. The number of hydrogen-bond donors (Lipinski definition) is 0. The van der Waals surface area contributed by atoms with Crippen LogP contribution in [0.25, 0.3) is 0 Å². The van der Waals surface area contributed by atoms with Crippen LogP contribution in [0, 0.1) is 0 Å². The lowest BCUT2D eigenvalue weighted by atomic mass is 10.1. The van der Waals surface area contributed by atoms with Crippen molar-refractivity contribution in [1.82, 2.24) is 4.90 Å². The van der Waals surface area contributed by atoms with Crippen molar-refractivity contribution in [1.29, 1.82) is 0 Å². The summed E-state index contributed by atoms with van der Waals surface area (Å²) in [6.07, 6.45) is 7.23. The smallest absolute Gasteiger partial charge is 0.246 e. The largest absolute Gasteiger partial charge is 0.378 e. The molecule has 0 aromatic rings. The van der Waals surface area contributed by atoms with Crippen molar-refractivity contribution in [3.8, 4) is 0 Å². The number of morpholine rings is 1. The van der Waals surface area contributed by atoms with Crippen molar-refractivity contribution < 1.29 is 24.0 Å². The Morgan fingerprint density at radius 3 is 2.48 bits per heavy atom. The third-order valence-corrected chi connectivity index (χ3v) is 4.27. The molecule has 6 nitrogen and oxygen atoms in total. The first-order chi connectivity index (χ1) is 10.1. The van der Waals surface area contributed by atoms with Crippen molar-refractivity contribution in [3.63, 3.8) is 0 Å². The molecule has 2 heterocycles. The number of hydrogen-bond acceptors (Lipinski definition) is 5. The van der Waals surface area contributed by atoms with Gasteiger partial charge in [0, 0.05) is 32.0 Å². The van der Waals surface area contributed by atoms with Crippen LogP contribution in [0.1, 0.15) is 32.6 Å². The van der Waals surface area contributed by atoms with Gasteiger partial charge in [0.25, 0.3) is 0 Å². The van der Waals surface area contributed by atoms with Gasteiger partial charge in [0.05, 0.1) is 19.8 Å². The first kappa shape index (κ1) is 15.0. The number of rotatable bonds is 2. The summed E-state index contributed by atoms with van der Waals surface area (Å²) in [5.41, 5.74) is -0.713. The van der Waals surface area contributed by atoms with Crippen LogP contribution >= 0.6 is 0 Å². The lowest BCUT2D eigenvalue weighted by Crippen LogP contribution is -2.48. The summed E-state index contributed by atoms with van der Waals surface area (Å²) in [4.78, 5) is 24.9. The first-order valence-corrected chi connectivity index (χ1v) is 7.68. The zero-order valence-corrected chi connectivity index (χ0v) is 12.5. The van der Waals surface area contributed by atoms with Crippen LogP contribution < -0.4 is 0 Å². The molecule has 1 amide bonds.